The Hall–Kier alpha value is -1.42. The molecule has 0 saturated heterocycles. The highest BCUT2D eigenvalue weighted by atomic mass is 35.5. The van der Waals surface area contributed by atoms with Crippen LogP contribution in [0.4, 0.5) is 5.82 Å². The summed E-state index contributed by atoms with van der Waals surface area (Å²) in [5.74, 6) is 1.01. The average molecular weight is 240 g/mol. The Morgan fingerprint density at radius 3 is 2.69 bits per heavy atom. The molecule has 0 aromatic carbocycles. The summed E-state index contributed by atoms with van der Waals surface area (Å²) >= 11 is 5.84. The molecule has 0 amide bonds. The van der Waals surface area contributed by atoms with Gasteiger partial charge in [0.1, 0.15) is 16.8 Å². The zero-order chi connectivity index (χ0) is 12.1. The molecule has 1 rings (SSSR count). The number of nitrogens with one attached hydrogen (secondary N) is 1. The van der Waals surface area contributed by atoms with Crippen LogP contribution in [0.1, 0.15) is 30.0 Å². The maximum absolute atomic E-state index is 10.8. The number of nitrogens with zero attached hydrogens (tertiary/aromatic N) is 2. The van der Waals surface area contributed by atoms with Crippen molar-refractivity contribution in [1.82, 2.24) is 9.97 Å². The summed E-state index contributed by atoms with van der Waals surface area (Å²) in [4.78, 5) is 18.9. The predicted molar refractivity (Wildman–Crippen MR) is 65.1 cm³/mol. The first-order valence-corrected chi connectivity index (χ1v) is 5.29. The summed E-state index contributed by atoms with van der Waals surface area (Å²) in [5, 5.41) is 3.22. The van der Waals surface area contributed by atoms with E-state index in [9.17, 15) is 4.79 Å². The zero-order valence-corrected chi connectivity index (χ0v) is 10.3. The summed E-state index contributed by atoms with van der Waals surface area (Å²) in [6, 6.07) is 0. The number of aryl methyl sites for hydroxylation is 1. The Bertz CT molecular complexity index is 425. The van der Waals surface area contributed by atoms with E-state index in [4.69, 9.17) is 11.6 Å². The van der Waals surface area contributed by atoms with Crippen LogP contribution < -0.4 is 5.32 Å². The van der Waals surface area contributed by atoms with Gasteiger partial charge in [0, 0.05) is 6.54 Å². The fourth-order valence-electron chi connectivity index (χ4n) is 1.14. The first-order chi connectivity index (χ1) is 7.54. The number of anilines is 1. The number of rotatable bonds is 4. The largest absolute Gasteiger partial charge is 0.366 e. The predicted octanol–water partition coefficient (Wildman–Crippen LogP) is 2.63. The lowest BCUT2D eigenvalue weighted by Gasteiger charge is -2.07. The minimum Gasteiger partial charge on any atom is -0.366 e. The van der Waals surface area contributed by atoms with Crippen molar-refractivity contribution in [3.8, 4) is 0 Å². The van der Waals surface area contributed by atoms with Crippen LogP contribution in [0.25, 0.3) is 0 Å². The summed E-state index contributed by atoms with van der Waals surface area (Å²) in [6.45, 7) is 6.34. The van der Waals surface area contributed by atoms with Crippen molar-refractivity contribution in [3.63, 3.8) is 0 Å². The lowest BCUT2D eigenvalue weighted by Crippen LogP contribution is -2.07. The highest BCUT2D eigenvalue weighted by Gasteiger charge is 2.09. The fraction of sp³-hybridized carbons (Fsp3) is 0.364. The van der Waals surface area contributed by atoms with E-state index in [1.807, 2.05) is 19.9 Å². The van der Waals surface area contributed by atoms with Gasteiger partial charge in [-0.2, -0.15) is 0 Å². The first kappa shape index (κ1) is 12.6. The van der Waals surface area contributed by atoms with E-state index in [-0.39, 0.29) is 5.15 Å². The van der Waals surface area contributed by atoms with E-state index in [0.29, 0.717) is 30.0 Å². The highest BCUT2D eigenvalue weighted by molar-refractivity contribution is 6.32. The molecule has 4 nitrogen and oxygen atoms in total. The number of hydrogen-bond donors (Lipinski definition) is 1. The first-order valence-electron chi connectivity index (χ1n) is 4.91. The van der Waals surface area contributed by atoms with Crippen molar-refractivity contribution in [2.75, 3.05) is 11.9 Å². The topological polar surface area (TPSA) is 54.9 Å². The zero-order valence-electron chi connectivity index (χ0n) is 9.54. The Kier molecular flexibility index (Phi) is 4.43. The molecule has 5 heteroatoms. The van der Waals surface area contributed by atoms with Gasteiger partial charge in [-0.15, -0.1) is 0 Å². The molecule has 0 spiro atoms. The van der Waals surface area contributed by atoms with Gasteiger partial charge >= 0.3 is 0 Å². The molecular weight excluding hydrogens is 226 g/mol. The van der Waals surface area contributed by atoms with Crippen LogP contribution in [0, 0.1) is 6.92 Å². The molecule has 1 heterocycles. The lowest BCUT2D eigenvalue weighted by molar-refractivity contribution is 0.112. The van der Waals surface area contributed by atoms with E-state index in [0.717, 1.165) is 0 Å². The maximum atomic E-state index is 10.8. The molecule has 16 heavy (non-hydrogen) atoms. The molecule has 1 N–H and O–H groups in total. The number of halogens is 1. The Labute approximate surface area is 99.8 Å². The quantitative estimate of drug-likeness (QED) is 0.499. The maximum Gasteiger partial charge on any atom is 0.156 e. The van der Waals surface area contributed by atoms with Gasteiger partial charge in [-0.05, 0) is 20.8 Å². The highest BCUT2D eigenvalue weighted by Crippen LogP contribution is 2.18. The van der Waals surface area contributed by atoms with E-state index in [1.54, 1.807) is 6.92 Å². The second-order valence-electron chi connectivity index (χ2n) is 3.60. The molecule has 0 aliphatic rings. The second kappa shape index (κ2) is 5.61. The Balaban J connectivity index is 2.94. The third-order valence-corrected chi connectivity index (χ3v) is 2.20. The van der Waals surface area contributed by atoms with Crippen LogP contribution in [-0.4, -0.2) is 22.8 Å². The lowest BCUT2D eigenvalue weighted by atomic mass is 10.3. The minimum atomic E-state index is 0.183. The summed E-state index contributed by atoms with van der Waals surface area (Å²) in [6.07, 6.45) is 2.66. The van der Waals surface area contributed by atoms with Crippen molar-refractivity contribution in [3.05, 3.63) is 28.2 Å². The molecule has 0 radical (unpaired) electrons. The van der Waals surface area contributed by atoms with Crippen LogP contribution >= 0.6 is 11.6 Å². The van der Waals surface area contributed by atoms with E-state index in [1.165, 1.54) is 5.57 Å². The van der Waals surface area contributed by atoms with Crippen molar-refractivity contribution in [2.24, 2.45) is 0 Å². The van der Waals surface area contributed by atoms with Crippen LogP contribution in [0.3, 0.4) is 0 Å². The van der Waals surface area contributed by atoms with Crippen molar-refractivity contribution in [2.45, 2.75) is 20.8 Å². The molecule has 0 fully saturated rings. The van der Waals surface area contributed by atoms with Crippen LogP contribution in [0.15, 0.2) is 11.6 Å². The second-order valence-corrected chi connectivity index (χ2v) is 3.96. The molecular formula is C11H14ClN3O. The van der Waals surface area contributed by atoms with E-state index >= 15 is 0 Å². The molecule has 0 atom stereocenters. The third kappa shape index (κ3) is 3.31. The number of aromatic nitrogens is 2. The number of carbonyl (C=O) groups is 1. The number of carbonyl (C=O) groups excluding carboxylic acids is 1. The Morgan fingerprint density at radius 2 is 2.12 bits per heavy atom. The van der Waals surface area contributed by atoms with E-state index in [2.05, 4.69) is 15.3 Å². The molecule has 0 unspecified atom stereocenters. The molecule has 1 aromatic heterocycles. The average Bonchev–Trinajstić information content (AvgIpc) is 2.16. The normalized spacial score (nSPS) is 9.75. The van der Waals surface area contributed by atoms with Crippen molar-refractivity contribution < 1.29 is 4.79 Å². The third-order valence-electron chi connectivity index (χ3n) is 1.91. The van der Waals surface area contributed by atoms with Gasteiger partial charge in [0.25, 0.3) is 0 Å². The summed E-state index contributed by atoms with van der Waals surface area (Å²) < 4.78 is 0. The van der Waals surface area contributed by atoms with Crippen LogP contribution in [-0.2, 0) is 0 Å². The van der Waals surface area contributed by atoms with Crippen molar-refractivity contribution in [1.29, 1.82) is 0 Å². The van der Waals surface area contributed by atoms with Crippen LogP contribution in [0.5, 0.6) is 0 Å². The Morgan fingerprint density at radius 1 is 1.44 bits per heavy atom. The van der Waals surface area contributed by atoms with Gasteiger partial charge in [0.05, 0.1) is 5.56 Å². The van der Waals surface area contributed by atoms with Gasteiger partial charge in [-0.3, -0.25) is 4.79 Å². The van der Waals surface area contributed by atoms with Gasteiger partial charge < -0.3 is 5.32 Å². The van der Waals surface area contributed by atoms with Gasteiger partial charge in [-0.25, -0.2) is 9.97 Å². The molecule has 0 bridgehead atoms. The summed E-state index contributed by atoms with van der Waals surface area (Å²) in [5.41, 5.74) is 1.49. The molecule has 0 aliphatic heterocycles. The molecule has 86 valence electrons. The van der Waals surface area contributed by atoms with E-state index < -0.39 is 0 Å². The number of aldehydes is 1. The van der Waals surface area contributed by atoms with Gasteiger partial charge in [-0.1, -0.05) is 23.3 Å². The molecule has 0 aliphatic carbocycles. The van der Waals surface area contributed by atoms with Gasteiger partial charge in [0.2, 0.25) is 0 Å². The fourth-order valence-corrected chi connectivity index (χ4v) is 1.39. The van der Waals surface area contributed by atoms with Crippen LogP contribution in [0.2, 0.25) is 5.15 Å². The van der Waals surface area contributed by atoms with Gasteiger partial charge in [0.15, 0.2) is 6.29 Å². The molecule has 1 aromatic rings. The summed E-state index contributed by atoms with van der Waals surface area (Å²) in [7, 11) is 0. The monoisotopic (exact) mass is 239 g/mol. The standard InChI is InChI=1S/C11H14ClN3O/c1-7(2)4-5-13-11-9(6-16)10(12)14-8(3)15-11/h4,6H,5H2,1-3H3,(H,13,14,15). The van der Waals surface area contributed by atoms with Crippen molar-refractivity contribution >= 4 is 23.7 Å². The number of hydrogen-bond acceptors (Lipinski definition) is 4. The SMILES string of the molecule is CC(C)=CCNc1nc(C)nc(Cl)c1C=O. The minimum absolute atomic E-state index is 0.183. The smallest absolute Gasteiger partial charge is 0.156 e. The molecule has 0 saturated carbocycles. The number of allylic oxidation sites excluding steroid dienone is 1.